The highest BCUT2D eigenvalue weighted by Crippen LogP contribution is 2.22. The maximum Gasteiger partial charge on any atom is 0.305 e. The molecule has 31 heavy (non-hydrogen) atoms. The molecule has 0 bridgehead atoms. The van der Waals surface area contributed by atoms with Crippen LogP contribution in [0.15, 0.2) is 42.5 Å². The maximum atomic E-state index is 12.2. The molecule has 3 atom stereocenters. The summed E-state index contributed by atoms with van der Waals surface area (Å²) in [7, 11) is 1.41. The number of hydrogen-bond donors (Lipinski definition) is 1. The molecule has 0 aliphatic carbocycles. The van der Waals surface area contributed by atoms with Gasteiger partial charge in [0.05, 0.1) is 19.3 Å². The Morgan fingerprint density at radius 3 is 2.74 bits per heavy atom. The Morgan fingerprint density at radius 1 is 1.26 bits per heavy atom. The molecule has 1 heterocycles. The van der Waals surface area contributed by atoms with Gasteiger partial charge in [0.25, 0.3) is 0 Å². The number of carbonyl (C=O) groups is 2. The Labute approximate surface area is 186 Å². The molecule has 0 saturated carbocycles. The number of methoxy groups -OCH3 is 1. The minimum atomic E-state index is -0.582. The first-order valence-electron chi connectivity index (χ1n) is 11.3. The molecule has 1 amide bonds. The van der Waals surface area contributed by atoms with Crippen molar-refractivity contribution in [1.29, 1.82) is 0 Å². The maximum absolute atomic E-state index is 12.2. The summed E-state index contributed by atoms with van der Waals surface area (Å²) in [5.74, 6) is 6.30. The van der Waals surface area contributed by atoms with E-state index in [0.29, 0.717) is 19.3 Å². The van der Waals surface area contributed by atoms with Crippen LogP contribution in [0, 0.1) is 17.8 Å². The van der Waals surface area contributed by atoms with Crippen molar-refractivity contribution in [2.45, 2.75) is 70.4 Å². The van der Waals surface area contributed by atoms with Crippen LogP contribution in [0.1, 0.15) is 63.9 Å². The standard InChI is InChI=1S/C26H35NO4/c1-21(11-10-14-22-12-6-5-7-13-22)24(28)18-16-23-17-19-25(29)27(23)20-9-4-3-8-15-26(30)31-2/h5-7,12-13,16,18,21,23-24,28H,3-4,8-9,11,15,17,19-20H2,1-2H3/b18-16+/t21?,23-,24+/m0/s1. The molecular weight excluding hydrogens is 390 g/mol. The number of hydrogen-bond acceptors (Lipinski definition) is 4. The molecule has 1 saturated heterocycles. The predicted octanol–water partition coefficient (Wildman–Crippen LogP) is 4.10. The lowest BCUT2D eigenvalue weighted by Gasteiger charge is -2.23. The highest BCUT2D eigenvalue weighted by molar-refractivity contribution is 5.79. The number of likely N-dealkylation sites (tertiary alicyclic amines) is 1. The van der Waals surface area contributed by atoms with Crippen molar-refractivity contribution in [1.82, 2.24) is 4.90 Å². The van der Waals surface area contributed by atoms with Gasteiger partial charge in [-0.2, -0.15) is 0 Å². The fourth-order valence-corrected chi connectivity index (χ4v) is 3.64. The van der Waals surface area contributed by atoms with E-state index in [4.69, 9.17) is 0 Å². The molecule has 1 fully saturated rings. The van der Waals surface area contributed by atoms with E-state index >= 15 is 0 Å². The zero-order valence-electron chi connectivity index (χ0n) is 18.8. The van der Waals surface area contributed by atoms with E-state index in [9.17, 15) is 14.7 Å². The van der Waals surface area contributed by atoms with Gasteiger partial charge in [0, 0.05) is 31.4 Å². The monoisotopic (exact) mass is 425 g/mol. The second-order valence-electron chi connectivity index (χ2n) is 8.16. The lowest BCUT2D eigenvalue weighted by Crippen LogP contribution is -2.33. The molecule has 1 N–H and O–H groups in total. The summed E-state index contributed by atoms with van der Waals surface area (Å²) in [4.78, 5) is 25.3. The molecule has 5 heteroatoms. The highest BCUT2D eigenvalue weighted by Gasteiger charge is 2.28. The third-order valence-electron chi connectivity index (χ3n) is 5.68. The third kappa shape index (κ3) is 8.98. The zero-order valence-corrected chi connectivity index (χ0v) is 18.8. The van der Waals surface area contributed by atoms with Crippen LogP contribution < -0.4 is 0 Å². The van der Waals surface area contributed by atoms with Crippen molar-refractivity contribution in [3.63, 3.8) is 0 Å². The average Bonchev–Trinajstić information content (AvgIpc) is 3.14. The molecule has 1 aliphatic heterocycles. The van der Waals surface area contributed by atoms with E-state index in [2.05, 4.69) is 16.6 Å². The summed E-state index contributed by atoms with van der Waals surface area (Å²) in [6, 6.07) is 9.88. The number of carbonyl (C=O) groups excluding carboxylic acids is 2. The van der Waals surface area contributed by atoms with Crippen LogP contribution in [0.25, 0.3) is 0 Å². The van der Waals surface area contributed by atoms with Crippen LogP contribution in [-0.4, -0.2) is 47.7 Å². The predicted molar refractivity (Wildman–Crippen MR) is 122 cm³/mol. The fraction of sp³-hybridized carbons (Fsp3) is 0.538. The van der Waals surface area contributed by atoms with Crippen molar-refractivity contribution in [2.75, 3.05) is 13.7 Å². The van der Waals surface area contributed by atoms with Crippen LogP contribution in [0.3, 0.4) is 0 Å². The van der Waals surface area contributed by atoms with Crippen molar-refractivity contribution in [3.05, 3.63) is 48.0 Å². The molecule has 1 unspecified atom stereocenters. The van der Waals surface area contributed by atoms with Crippen molar-refractivity contribution in [3.8, 4) is 11.8 Å². The summed E-state index contributed by atoms with van der Waals surface area (Å²) in [5, 5.41) is 10.5. The van der Waals surface area contributed by atoms with Crippen LogP contribution in [0.5, 0.6) is 0 Å². The first kappa shape index (κ1) is 24.7. The van der Waals surface area contributed by atoms with E-state index in [1.807, 2.05) is 54.3 Å². The molecule has 0 aromatic heterocycles. The Hall–Kier alpha value is -2.58. The van der Waals surface area contributed by atoms with Gasteiger partial charge in [-0.3, -0.25) is 9.59 Å². The minimum Gasteiger partial charge on any atom is -0.469 e. The van der Waals surface area contributed by atoms with E-state index in [0.717, 1.165) is 44.2 Å². The topological polar surface area (TPSA) is 66.8 Å². The molecule has 0 spiro atoms. The van der Waals surface area contributed by atoms with E-state index in [-0.39, 0.29) is 23.8 Å². The van der Waals surface area contributed by atoms with Gasteiger partial charge in [-0.25, -0.2) is 0 Å². The van der Waals surface area contributed by atoms with E-state index in [1.165, 1.54) is 7.11 Å². The van der Waals surface area contributed by atoms with Crippen molar-refractivity contribution in [2.24, 2.45) is 5.92 Å². The van der Waals surface area contributed by atoms with Gasteiger partial charge >= 0.3 is 5.97 Å². The van der Waals surface area contributed by atoms with Gasteiger partial charge in [0.1, 0.15) is 0 Å². The number of nitrogens with zero attached hydrogens (tertiary/aromatic N) is 1. The molecular formula is C26H35NO4. The van der Waals surface area contributed by atoms with Gasteiger partial charge in [-0.1, -0.05) is 62.0 Å². The quantitative estimate of drug-likeness (QED) is 0.251. The van der Waals surface area contributed by atoms with Gasteiger partial charge in [0.15, 0.2) is 0 Å². The second kappa shape index (κ2) is 13.7. The molecule has 5 nitrogen and oxygen atoms in total. The zero-order chi connectivity index (χ0) is 22.5. The number of benzene rings is 1. The van der Waals surface area contributed by atoms with Gasteiger partial charge in [0.2, 0.25) is 5.91 Å². The van der Waals surface area contributed by atoms with E-state index in [1.54, 1.807) is 0 Å². The lowest BCUT2D eigenvalue weighted by atomic mass is 9.99. The smallest absolute Gasteiger partial charge is 0.305 e. The molecule has 1 aliphatic rings. The fourth-order valence-electron chi connectivity index (χ4n) is 3.64. The summed E-state index contributed by atoms with van der Waals surface area (Å²) in [5.41, 5.74) is 0.977. The third-order valence-corrected chi connectivity index (χ3v) is 5.68. The average molecular weight is 426 g/mol. The second-order valence-corrected chi connectivity index (χ2v) is 8.16. The Bertz CT molecular complexity index is 778. The van der Waals surface area contributed by atoms with Crippen molar-refractivity contribution < 1.29 is 19.4 Å². The molecule has 1 aromatic rings. The van der Waals surface area contributed by atoms with Crippen LogP contribution in [0.2, 0.25) is 0 Å². The SMILES string of the molecule is COC(=O)CCCCCCN1C(=O)CC[C@@H]1/C=C/[C@@H](O)C(C)CC#Cc1ccccc1. The molecule has 0 radical (unpaired) electrons. The first-order valence-corrected chi connectivity index (χ1v) is 11.3. The summed E-state index contributed by atoms with van der Waals surface area (Å²) in [6.07, 6.45) is 9.32. The minimum absolute atomic E-state index is 0.0211. The molecule has 1 aromatic carbocycles. The van der Waals surface area contributed by atoms with Gasteiger partial charge in [-0.15, -0.1) is 0 Å². The number of amides is 1. The lowest BCUT2D eigenvalue weighted by molar-refractivity contribution is -0.140. The largest absolute Gasteiger partial charge is 0.469 e. The molecule has 2 rings (SSSR count). The Balaban J connectivity index is 1.74. The van der Waals surface area contributed by atoms with Crippen molar-refractivity contribution >= 4 is 11.9 Å². The number of esters is 1. The Kier molecular flexibility index (Phi) is 10.9. The summed E-state index contributed by atoms with van der Waals surface area (Å²) >= 11 is 0. The normalized spacial score (nSPS) is 18.0. The summed E-state index contributed by atoms with van der Waals surface area (Å²) in [6.45, 7) is 2.71. The van der Waals surface area contributed by atoms with Gasteiger partial charge < -0.3 is 14.7 Å². The van der Waals surface area contributed by atoms with Crippen LogP contribution in [0.4, 0.5) is 0 Å². The Morgan fingerprint density at radius 2 is 2.00 bits per heavy atom. The summed E-state index contributed by atoms with van der Waals surface area (Å²) < 4.78 is 4.64. The highest BCUT2D eigenvalue weighted by atomic mass is 16.5. The van der Waals surface area contributed by atoms with Crippen LogP contribution >= 0.6 is 0 Å². The number of aliphatic hydroxyl groups excluding tert-OH is 1. The van der Waals surface area contributed by atoms with E-state index < -0.39 is 6.10 Å². The van der Waals surface area contributed by atoms with Gasteiger partial charge in [-0.05, 0) is 37.3 Å². The molecule has 168 valence electrons. The number of ether oxygens (including phenoxy) is 1. The number of unbranched alkanes of at least 4 members (excludes halogenated alkanes) is 3. The van der Waals surface area contributed by atoms with Crippen LogP contribution in [-0.2, 0) is 14.3 Å². The number of aliphatic hydroxyl groups is 1. The first-order chi connectivity index (χ1) is 15.0. The number of rotatable bonds is 11.